The van der Waals surface area contributed by atoms with Crippen molar-refractivity contribution in [1.29, 1.82) is 0 Å². The average Bonchev–Trinajstić information content (AvgIpc) is 2.77. The van der Waals surface area contributed by atoms with E-state index in [2.05, 4.69) is 5.32 Å². The molecule has 0 atom stereocenters. The van der Waals surface area contributed by atoms with E-state index in [1.54, 1.807) is 6.92 Å². The lowest BCUT2D eigenvalue weighted by atomic mass is 10.2. The van der Waals surface area contributed by atoms with Crippen LogP contribution in [0.15, 0.2) is 30.0 Å². The van der Waals surface area contributed by atoms with Crippen molar-refractivity contribution in [3.05, 3.63) is 41.4 Å². The number of esters is 1. The van der Waals surface area contributed by atoms with Crippen molar-refractivity contribution in [1.82, 2.24) is 4.90 Å². The second-order valence-corrected chi connectivity index (χ2v) is 4.62. The number of imide groups is 1. The summed E-state index contributed by atoms with van der Waals surface area (Å²) in [6, 6.07) is 3.51. The van der Waals surface area contributed by atoms with Crippen molar-refractivity contribution in [2.24, 2.45) is 0 Å². The van der Waals surface area contributed by atoms with Crippen molar-refractivity contribution < 1.29 is 28.6 Å². The Hall–Kier alpha value is -2.74. The number of nitrogens with one attached hydrogen (secondary N) is 1. The molecule has 0 bridgehead atoms. The molecule has 0 unspecified atom stereocenters. The fourth-order valence-corrected chi connectivity index (χ4v) is 2.02. The molecule has 0 spiro atoms. The van der Waals surface area contributed by atoms with E-state index in [9.17, 15) is 18.8 Å². The molecule has 0 saturated carbocycles. The Labute approximate surface area is 131 Å². The highest BCUT2D eigenvalue weighted by molar-refractivity contribution is 6.17. The van der Waals surface area contributed by atoms with E-state index in [1.807, 2.05) is 0 Å². The fourth-order valence-electron chi connectivity index (χ4n) is 2.02. The highest BCUT2D eigenvalue weighted by atomic mass is 19.1. The Kier molecular flexibility index (Phi) is 5.07. The Balaban J connectivity index is 2.22. The fraction of sp³-hybridized carbons (Fsp3) is 0.267. The van der Waals surface area contributed by atoms with Crippen LogP contribution in [0.25, 0.3) is 0 Å². The van der Waals surface area contributed by atoms with Crippen LogP contribution in [0.4, 0.5) is 10.1 Å². The molecule has 23 heavy (non-hydrogen) atoms. The van der Waals surface area contributed by atoms with Gasteiger partial charge in [-0.05, 0) is 25.1 Å². The van der Waals surface area contributed by atoms with Gasteiger partial charge in [-0.25, -0.2) is 9.18 Å². The molecule has 1 aliphatic heterocycles. The molecule has 7 nitrogen and oxygen atoms in total. The van der Waals surface area contributed by atoms with Crippen molar-refractivity contribution >= 4 is 23.5 Å². The molecular formula is C15H15FN2O5. The minimum Gasteiger partial charge on any atom is -0.462 e. The normalized spacial score (nSPS) is 14.0. The summed E-state index contributed by atoms with van der Waals surface area (Å²) in [6.45, 7) is 1.30. The predicted molar refractivity (Wildman–Crippen MR) is 77.9 cm³/mol. The maximum atomic E-state index is 13.9. The molecule has 0 aliphatic carbocycles. The SMILES string of the molecule is CCOC(=O)c1ccc(F)c(NC2=CC(=O)N(CCO)C2=O)c1. The molecule has 1 aromatic rings. The third kappa shape index (κ3) is 3.54. The van der Waals surface area contributed by atoms with Gasteiger partial charge in [0, 0.05) is 6.08 Å². The summed E-state index contributed by atoms with van der Waals surface area (Å²) in [4.78, 5) is 36.1. The number of anilines is 1. The standard InChI is InChI=1S/C15H15FN2O5/c1-2-23-15(22)9-3-4-10(16)11(7-9)17-12-8-13(20)18(5-6-19)14(12)21/h3-4,7-8,17,19H,2,5-6H2,1H3. The van der Waals surface area contributed by atoms with Crippen LogP contribution in [0.5, 0.6) is 0 Å². The molecule has 0 radical (unpaired) electrons. The summed E-state index contributed by atoms with van der Waals surface area (Å²) in [5, 5.41) is 11.3. The minimum atomic E-state index is -0.695. The summed E-state index contributed by atoms with van der Waals surface area (Å²) in [5.74, 6) is -2.60. The highest BCUT2D eigenvalue weighted by Gasteiger charge is 2.31. The molecule has 1 heterocycles. The number of carbonyl (C=O) groups is 3. The smallest absolute Gasteiger partial charge is 0.338 e. The Morgan fingerprint density at radius 1 is 1.39 bits per heavy atom. The van der Waals surface area contributed by atoms with E-state index in [0.717, 1.165) is 17.0 Å². The van der Waals surface area contributed by atoms with E-state index >= 15 is 0 Å². The van der Waals surface area contributed by atoms with Gasteiger partial charge in [0.2, 0.25) is 0 Å². The number of rotatable bonds is 6. The maximum Gasteiger partial charge on any atom is 0.338 e. The maximum absolute atomic E-state index is 13.9. The van der Waals surface area contributed by atoms with E-state index < -0.39 is 23.6 Å². The average molecular weight is 322 g/mol. The van der Waals surface area contributed by atoms with Gasteiger partial charge in [-0.15, -0.1) is 0 Å². The molecule has 0 saturated heterocycles. The zero-order valence-corrected chi connectivity index (χ0v) is 12.3. The summed E-state index contributed by atoms with van der Waals surface area (Å²) < 4.78 is 18.7. The first-order valence-corrected chi connectivity index (χ1v) is 6.90. The number of nitrogens with zero attached hydrogens (tertiary/aromatic N) is 1. The van der Waals surface area contributed by atoms with E-state index in [-0.39, 0.29) is 36.7 Å². The number of hydrogen-bond acceptors (Lipinski definition) is 6. The second kappa shape index (κ2) is 7.01. The third-order valence-corrected chi connectivity index (χ3v) is 3.08. The lowest BCUT2D eigenvalue weighted by molar-refractivity contribution is -0.137. The largest absolute Gasteiger partial charge is 0.462 e. The van der Waals surface area contributed by atoms with Crippen LogP contribution in [0.2, 0.25) is 0 Å². The summed E-state index contributed by atoms with van der Waals surface area (Å²) >= 11 is 0. The quantitative estimate of drug-likeness (QED) is 0.590. The zero-order chi connectivity index (χ0) is 17.0. The Morgan fingerprint density at radius 3 is 2.78 bits per heavy atom. The van der Waals surface area contributed by atoms with E-state index in [1.165, 1.54) is 12.1 Å². The van der Waals surface area contributed by atoms with Gasteiger partial charge in [0.1, 0.15) is 11.5 Å². The first-order valence-electron chi connectivity index (χ1n) is 6.90. The number of benzene rings is 1. The van der Waals surface area contributed by atoms with Crippen LogP contribution in [0.3, 0.4) is 0 Å². The van der Waals surface area contributed by atoms with Crippen LogP contribution in [-0.2, 0) is 14.3 Å². The van der Waals surface area contributed by atoms with Gasteiger partial charge in [0.05, 0.1) is 31.0 Å². The van der Waals surface area contributed by atoms with Crippen molar-refractivity contribution in [3.63, 3.8) is 0 Å². The summed E-state index contributed by atoms with van der Waals surface area (Å²) in [6.07, 6.45) is 1.01. The van der Waals surface area contributed by atoms with Crippen LogP contribution >= 0.6 is 0 Å². The van der Waals surface area contributed by atoms with Crippen molar-refractivity contribution in [3.8, 4) is 0 Å². The minimum absolute atomic E-state index is 0.111. The van der Waals surface area contributed by atoms with Crippen LogP contribution in [0.1, 0.15) is 17.3 Å². The van der Waals surface area contributed by atoms with Gasteiger partial charge in [-0.2, -0.15) is 0 Å². The monoisotopic (exact) mass is 322 g/mol. The number of aliphatic hydroxyl groups is 1. The van der Waals surface area contributed by atoms with Gasteiger partial charge in [0.15, 0.2) is 0 Å². The molecule has 2 amide bonds. The molecule has 122 valence electrons. The number of hydrogen-bond donors (Lipinski definition) is 2. The van der Waals surface area contributed by atoms with E-state index in [4.69, 9.17) is 9.84 Å². The number of amides is 2. The zero-order valence-electron chi connectivity index (χ0n) is 12.3. The summed E-state index contributed by atoms with van der Waals surface area (Å²) in [5.41, 5.74) is -0.155. The van der Waals surface area contributed by atoms with Gasteiger partial charge in [0.25, 0.3) is 11.8 Å². The third-order valence-electron chi connectivity index (χ3n) is 3.08. The van der Waals surface area contributed by atoms with Crippen molar-refractivity contribution in [2.45, 2.75) is 6.92 Å². The lowest BCUT2D eigenvalue weighted by Gasteiger charge is -2.14. The predicted octanol–water partition coefficient (Wildman–Crippen LogP) is 0.659. The van der Waals surface area contributed by atoms with Gasteiger partial charge in [-0.1, -0.05) is 0 Å². The van der Waals surface area contributed by atoms with Crippen LogP contribution in [-0.4, -0.2) is 47.5 Å². The lowest BCUT2D eigenvalue weighted by Crippen LogP contribution is -2.34. The number of ether oxygens (including phenoxy) is 1. The van der Waals surface area contributed by atoms with Gasteiger partial charge < -0.3 is 15.2 Å². The molecule has 0 aromatic heterocycles. The number of halogens is 1. The molecule has 2 rings (SSSR count). The molecule has 2 N–H and O–H groups in total. The van der Waals surface area contributed by atoms with Gasteiger partial charge >= 0.3 is 5.97 Å². The second-order valence-electron chi connectivity index (χ2n) is 4.62. The first kappa shape index (κ1) is 16.6. The van der Waals surface area contributed by atoms with Crippen LogP contribution < -0.4 is 5.32 Å². The van der Waals surface area contributed by atoms with E-state index in [0.29, 0.717) is 0 Å². The van der Waals surface area contributed by atoms with Crippen molar-refractivity contribution in [2.75, 3.05) is 25.1 Å². The highest BCUT2D eigenvalue weighted by Crippen LogP contribution is 2.21. The number of carbonyl (C=O) groups excluding carboxylic acids is 3. The molecule has 1 aliphatic rings. The van der Waals surface area contributed by atoms with Gasteiger partial charge in [-0.3, -0.25) is 14.5 Å². The first-order chi connectivity index (χ1) is 11.0. The molecular weight excluding hydrogens is 307 g/mol. The molecule has 1 aromatic carbocycles. The molecule has 8 heteroatoms. The summed E-state index contributed by atoms with van der Waals surface area (Å²) in [7, 11) is 0. The topological polar surface area (TPSA) is 95.9 Å². The Bertz CT molecular complexity index is 686. The number of β-amino-alcohol motifs (C(OH)–C–C–N with tert-alkyl or cyclic N) is 1. The number of aliphatic hydroxyl groups excluding tert-OH is 1. The van der Waals surface area contributed by atoms with Crippen LogP contribution in [0, 0.1) is 5.82 Å². The molecule has 0 fully saturated rings. The Morgan fingerprint density at radius 2 is 2.13 bits per heavy atom.